The Morgan fingerprint density at radius 3 is 2.68 bits per heavy atom. The first-order valence-corrected chi connectivity index (χ1v) is 9.05. The standard InChI is InChI=1S/C14H21ClN2O4S/c1-11-9-13(20-2)14(10-12(11)15)22(18,19)16-3-4-17-5-7-21-8-6-17/h9-10,16H,3-8H2,1-2H3/p+1. The molecule has 1 saturated heterocycles. The fraction of sp³-hybridized carbons (Fsp3) is 0.571. The van der Waals surface area contributed by atoms with Gasteiger partial charge in [-0.2, -0.15) is 0 Å². The Hall–Kier alpha value is -0.860. The van der Waals surface area contributed by atoms with Crippen LogP contribution in [0.3, 0.4) is 0 Å². The molecule has 0 radical (unpaired) electrons. The molecule has 1 aliphatic rings. The number of rotatable bonds is 6. The lowest BCUT2D eigenvalue weighted by Gasteiger charge is -2.23. The molecule has 2 N–H and O–H groups in total. The number of morpholine rings is 1. The summed E-state index contributed by atoms with van der Waals surface area (Å²) in [6, 6.07) is 3.06. The van der Waals surface area contributed by atoms with Gasteiger partial charge in [0.15, 0.2) is 0 Å². The number of halogens is 1. The first-order chi connectivity index (χ1) is 10.4. The number of quaternary nitrogens is 1. The third-order valence-electron chi connectivity index (χ3n) is 3.70. The number of ether oxygens (including phenoxy) is 2. The fourth-order valence-electron chi connectivity index (χ4n) is 2.36. The van der Waals surface area contributed by atoms with Gasteiger partial charge >= 0.3 is 0 Å². The second-order valence-corrected chi connectivity index (χ2v) is 7.40. The number of hydrogen-bond acceptors (Lipinski definition) is 4. The molecule has 1 aromatic rings. The predicted molar refractivity (Wildman–Crippen MR) is 84.3 cm³/mol. The summed E-state index contributed by atoms with van der Waals surface area (Å²) in [5.74, 6) is 0.299. The molecule has 0 amide bonds. The average molecular weight is 350 g/mol. The van der Waals surface area contributed by atoms with Crippen molar-refractivity contribution in [3.8, 4) is 5.75 Å². The van der Waals surface area contributed by atoms with Gasteiger partial charge in [-0.05, 0) is 24.6 Å². The van der Waals surface area contributed by atoms with E-state index in [0.717, 1.165) is 38.4 Å². The summed E-state index contributed by atoms with van der Waals surface area (Å²) in [5, 5.41) is 0.403. The molecular weight excluding hydrogens is 328 g/mol. The number of methoxy groups -OCH3 is 1. The van der Waals surface area contributed by atoms with Gasteiger partial charge in [-0.1, -0.05) is 11.6 Å². The molecule has 1 aliphatic heterocycles. The maximum atomic E-state index is 12.4. The molecule has 0 unspecified atom stereocenters. The highest BCUT2D eigenvalue weighted by Gasteiger charge is 2.22. The van der Waals surface area contributed by atoms with Gasteiger partial charge in [0.05, 0.1) is 33.4 Å². The second kappa shape index (κ2) is 7.61. The van der Waals surface area contributed by atoms with Crippen molar-refractivity contribution in [2.45, 2.75) is 11.8 Å². The first-order valence-electron chi connectivity index (χ1n) is 7.19. The van der Waals surface area contributed by atoms with Crippen LogP contribution in [0.5, 0.6) is 5.75 Å². The van der Waals surface area contributed by atoms with E-state index in [1.807, 2.05) is 0 Å². The third kappa shape index (κ3) is 4.33. The molecule has 6 nitrogen and oxygen atoms in total. The van der Waals surface area contributed by atoms with Gasteiger partial charge in [0.1, 0.15) is 23.7 Å². The van der Waals surface area contributed by atoms with E-state index in [4.69, 9.17) is 21.1 Å². The van der Waals surface area contributed by atoms with Crippen molar-refractivity contribution in [3.63, 3.8) is 0 Å². The molecule has 1 aromatic carbocycles. The Kier molecular flexibility index (Phi) is 6.05. The van der Waals surface area contributed by atoms with Crippen molar-refractivity contribution in [2.75, 3.05) is 46.5 Å². The lowest BCUT2D eigenvalue weighted by molar-refractivity contribution is -0.906. The van der Waals surface area contributed by atoms with Crippen LogP contribution in [-0.2, 0) is 14.8 Å². The van der Waals surface area contributed by atoms with Crippen molar-refractivity contribution in [1.82, 2.24) is 4.72 Å². The Morgan fingerprint density at radius 1 is 1.36 bits per heavy atom. The lowest BCUT2D eigenvalue weighted by Crippen LogP contribution is -3.14. The molecule has 1 fully saturated rings. The van der Waals surface area contributed by atoms with Crippen LogP contribution in [0, 0.1) is 6.92 Å². The maximum Gasteiger partial charge on any atom is 0.244 e. The molecule has 0 bridgehead atoms. The summed E-state index contributed by atoms with van der Waals surface area (Å²) in [6.07, 6.45) is 0. The molecule has 8 heteroatoms. The molecule has 0 spiro atoms. The van der Waals surface area contributed by atoms with Crippen LogP contribution in [0.4, 0.5) is 0 Å². The van der Waals surface area contributed by atoms with Crippen LogP contribution < -0.4 is 14.4 Å². The SMILES string of the molecule is COc1cc(C)c(Cl)cc1S(=O)(=O)NCC[NH+]1CCOCC1. The van der Waals surface area contributed by atoms with E-state index in [-0.39, 0.29) is 4.90 Å². The largest absolute Gasteiger partial charge is 0.495 e. The highest BCUT2D eigenvalue weighted by molar-refractivity contribution is 7.89. The van der Waals surface area contributed by atoms with Crippen molar-refractivity contribution in [3.05, 3.63) is 22.7 Å². The van der Waals surface area contributed by atoms with Gasteiger partial charge in [-0.25, -0.2) is 13.1 Å². The third-order valence-corrected chi connectivity index (χ3v) is 5.59. The van der Waals surface area contributed by atoms with Crippen LogP contribution in [0.15, 0.2) is 17.0 Å². The zero-order valence-corrected chi connectivity index (χ0v) is 14.4. The van der Waals surface area contributed by atoms with E-state index in [9.17, 15) is 8.42 Å². The minimum Gasteiger partial charge on any atom is -0.495 e. The van der Waals surface area contributed by atoms with Crippen LogP contribution in [0.2, 0.25) is 5.02 Å². The van der Waals surface area contributed by atoms with Crippen molar-refractivity contribution < 1.29 is 22.8 Å². The van der Waals surface area contributed by atoms with Crippen LogP contribution >= 0.6 is 11.6 Å². The minimum absolute atomic E-state index is 0.0718. The lowest BCUT2D eigenvalue weighted by atomic mass is 10.2. The highest BCUT2D eigenvalue weighted by Crippen LogP contribution is 2.29. The smallest absolute Gasteiger partial charge is 0.244 e. The summed E-state index contributed by atoms with van der Waals surface area (Å²) >= 11 is 6.04. The summed E-state index contributed by atoms with van der Waals surface area (Å²) in [5.41, 5.74) is 0.773. The minimum atomic E-state index is -3.65. The van der Waals surface area contributed by atoms with Gasteiger partial charge in [-0.3, -0.25) is 0 Å². The summed E-state index contributed by atoms with van der Waals surface area (Å²) in [7, 11) is -2.20. The molecule has 22 heavy (non-hydrogen) atoms. The van der Waals surface area contributed by atoms with Gasteiger partial charge in [0.2, 0.25) is 10.0 Å². The van der Waals surface area contributed by atoms with Crippen LogP contribution in [-0.4, -0.2) is 54.9 Å². The Morgan fingerprint density at radius 2 is 2.05 bits per heavy atom. The van der Waals surface area contributed by atoms with E-state index in [1.54, 1.807) is 13.0 Å². The molecule has 1 heterocycles. The molecule has 0 aliphatic carbocycles. The number of nitrogens with one attached hydrogen (secondary N) is 2. The molecule has 0 saturated carbocycles. The summed E-state index contributed by atoms with van der Waals surface area (Å²) in [6.45, 7) is 6.16. The Bertz CT molecular complexity index is 616. The fourth-order valence-corrected chi connectivity index (χ4v) is 3.79. The number of benzene rings is 1. The zero-order valence-electron chi connectivity index (χ0n) is 12.8. The topological polar surface area (TPSA) is 69.1 Å². The number of aryl methyl sites for hydroxylation is 1. The van der Waals surface area contributed by atoms with E-state index in [2.05, 4.69) is 4.72 Å². The van der Waals surface area contributed by atoms with Gasteiger partial charge < -0.3 is 14.4 Å². The highest BCUT2D eigenvalue weighted by atomic mass is 35.5. The normalized spacial score (nSPS) is 16.7. The summed E-state index contributed by atoms with van der Waals surface area (Å²) < 4.78 is 37.9. The molecule has 2 rings (SSSR count). The van der Waals surface area contributed by atoms with Crippen LogP contribution in [0.1, 0.15) is 5.56 Å². The molecular formula is C14H22ClN2O4S+. The van der Waals surface area contributed by atoms with Crippen molar-refractivity contribution in [2.24, 2.45) is 0 Å². The monoisotopic (exact) mass is 349 g/mol. The van der Waals surface area contributed by atoms with Gasteiger partial charge in [0, 0.05) is 5.02 Å². The number of hydrogen-bond donors (Lipinski definition) is 2. The molecule has 124 valence electrons. The second-order valence-electron chi connectivity index (χ2n) is 5.26. The Balaban J connectivity index is 2.04. The van der Waals surface area contributed by atoms with Crippen molar-refractivity contribution in [1.29, 1.82) is 0 Å². The summed E-state index contributed by atoms with van der Waals surface area (Å²) in [4.78, 5) is 1.41. The number of sulfonamides is 1. The van der Waals surface area contributed by atoms with E-state index >= 15 is 0 Å². The van der Waals surface area contributed by atoms with Gasteiger partial charge in [0.25, 0.3) is 0 Å². The van der Waals surface area contributed by atoms with E-state index in [1.165, 1.54) is 18.1 Å². The zero-order chi connectivity index (χ0) is 16.2. The molecule has 0 atom stereocenters. The van der Waals surface area contributed by atoms with Crippen molar-refractivity contribution >= 4 is 21.6 Å². The quantitative estimate of drug-likeness (QED) is 0.749. The molecule has 0 aromatic heterocycles. The van der Waals surface area contributed by atoms with Gasteiger partial charge in [-0.15, -0.1) is 0 Å². The first kappa shape index (κ1) is 17.5. The van der Waals surface area contributed by atoms with Crippen LogP contribution in [0.25, 0.3) is 0 Å². The Labute approximate surface area is 136 Å². The average Bonchev–Trinajstić information content (AvgIpc) is 2.50. The van der Waals surface area contributed by atoms with E-state index < -0.39 is 10.0 Å². The van der Waals surface area contributed by atoms with E-state index in [0.29, 0.717) is 17.3 Å². The predicted octanol–water partition coefficient (Wildman–Crippen LogP) is -0.150. The maximum absolute atomic E-state index is 12.4.